The third kappa shape index (κ3) is 5.09. The molecule has 2 atom stereocenters. The molecule has 0 bridgehead atoms. The minimum atomic E-state index is -4.38. The van der Waals surface area contributed by atoms with Gasteiger partial charge in [-0.25, -0.2) is 13.7 Å². The molecule has 4 rings (SSSR count). The van der Waals surface area contributed by atoms with Gasteiger partial charge in [0.15, 0.2) is 0 Å². The summed E-state index contributed by atoms with van der Waals surface area (Å²) < 4.78 is 98.5. The third-order valence-corrected chi connectivity index (χ3v) is 8.83. The predicted molar refractivity (Wildman–Crippen MR) is 123 cm³/mol. The lowest BCUT2D eigenvalue weighted by molar-refractivity contribution is 0.116. The van der Waals surface area contributed by atoms with Crippen LogP contribution in [0.2, 0.25) is 0 Å². The van der Waals surface area contributed by atoms with E-state index in [4.69, 9.17) is 19.1 Å². The summed E-state index contributed by atoms with van der Waals surface area (Å²) in [5, 5.41) is 12.2. The molecule has 1 fully saturated rings. The second kappa shape index (κ2) is 9.46. The quantitative estimate of drug-likeness (QED) is 0.463. The first-order chi connectivity index (χ1) is 16.8. The number of alkyl halides is 2. The molecule has 2 unspecified atom stereocenters. The Kier molecular flexibility index (Phi) is 6.85. The molecule has 1 aliphatic rings. The van der Waals surface area contributed by atoms with Crippen molar-refractivity contribution in [2.24, 2.45) is 5.14 Å². The first kappa shape index (κ1) is 26.1. The second-order valence-electron chi connectivity index (χ2n) is 8.27. The average molecular weight is 546 g/mol. The van der Waals surface area contributed by atoms with Crippen LogP contribution in [0.25, 0.3) is 11.5 Å². The van der Waals surface area contributed by atoms with Crippen LogP contribution in [0.15, 0.2) is 46.9 Å². The van der Waals surface area contributed by atoms with Gasteiger partial charge in [0.2, 0.25) is 5.89 Å². The highest BCUT2D eigenvalue weighted by molar-refractivity contribution is 7.92. The van der Waals surface area contributed by atoms with Gasteiger partial charge in [-0.05, 0) is 41.8 Å². The maximum Gasteiger partial charge on any atom is 0.314 e. The van der Waals surface area contributed by atoms with E-state index in [9.17, 15) is 21.4 Å². The van der Waals surface area contributed by atoms with Crippen LogP contribution in [0.5, 0.6) is 5.75 Å². The Bertz CT molecular complexity index is 1500. The van der Waals surface area contributed by atoms with Crippen molar-refractivity contribution in [3.8, 4) is 17.2 Å². The number of hydrogen-bond donors (Lipinski definition) is 2. The molecule has 194 valence electrons. The maximum atomic E-state index is 15.3. The van der Waals surface area contributed by atoms with Crippen LogP contribution >= 0.6 is 0 Å². The van der Waals surface area contributed by atoms with Gasteiger partial charge in [0.25, 0.3) is 16.1 Å². The highest BCUT2D eigenvalue weighted by atomic mass is 32.2. The van der Waals surface area contributed by atoms with Gasteiger partial charge < -0.3 is 9.15 Å². The zero-order valence-electron chi connectivity index (χ0n) is 18.9. The van der Waals surface area contributed by atoms with Gasteiger partial charge in [-0.3, -0.25) is 4.78 Å². The Morgan fingerprint density at radius 3 is 2.64 bits per heavy atom. The zero-order chi connectivity index (χ0) is 26.3. The van der Waals surface area contributed by atoms with E-state index in [1.165, 1.54) is 25.3 Å². The van der Waals surface area contributed by atoms with E-state index in [-0.39, 0.29) is 35.7 Å². The van der Waals surface area contributed by atoms with E-state index in [0.29, 0.717) is 11.3 Å². The van der Waals surface area contributed by atoms with Crippen LogP contribution in [0.1, 0.15) is 23.4 Å². The summed E-state index contributed by atoms with van der Waals surface area (Å²) >= 11 is 0. The minimum Gasteiger partial charge on any atom is -0.497 e. The lowest BCUT2D eigenvalue weighted by atomic mass is 9.84. The Morgan fingerprint density at radius 2 is 2.03 bits per heavy atom. The first-order valence-corrected chi connectivity index (χ1v) is 13.8. The van der Waals surface area contributed by atoms with E-state index < -0.39 is 49.4 Å². The Balaban J connectivity index is 1.84. The van der Waals surface area contributed by atoms with Gasteiger partial charge in [-0.1, -0.05) is 18.2 Å². The summed E-state index contributed by atoms with van der Waals surface area (Å²) in [5.74, 6) is -2.38. The molecule has 1 aromatic heterocycles. The van der Waals surface area contributed by atoms with Gasteiger partial charge in [0.1, 0.15) is 11.6 Å². The number of rotatable bonds is 7. The molecule has 1 aliphatic heterocycles. The SMILES string of the molecule is COc1cccc(C2(Cc3ccc(-c4nnc(C(F)F)o4)cc3F)CS(=N)(=O)CCN2S(N)(=O)=O)c1. The molecule has 15 heteroatoms. The highest BCUT2D eigenvalue weighted by Crippen LogP contribution is 2.40. The summed E-state index contributed by atoms with van der Waals surface area (Å²) in [6, 6.07) is 9.94. The molecule has 0 saturated carbocycles. The summed E-state index contributed by atoms with van der Waals surface area (Å²) in [5.41, 5.74) is -1.32. The fraction of sp³-hybridized carbons (Fsp3) is 0.333. The molecular weight excluding hydrogens is 523 g/mol. The van der Waals surface area contributed by atoms with Gasteiger partial charge in [-0.2, -0.15) is 21.5 Å². The number of benzene rings is 2. The molecule has 3 aromatic rings. The van der Waals surface area contributed by atoms with Crippen LogP contribution in [0.4, 0.5) is 13.2 Å². The number of ether oxygens (including phenoxy) is 1. The Labute approximate surface area is 205 Å². The van der Waals surface area contributed by atoms with Crippen molar-refractivity contribution < 1.29 is 35.0 Å². The largest absolute Gasteiger partial charge is 0.497 e. The predicted octanol–water partition coefficient (Wildman–Crippen LogP) is 2.83. The van der Waals surface area contributed by atoms with E-state index in [2.05, 4.69) is 10.2 Å². The first-order valence-electron chi connectivity index (χ1n) is 10.4. The lowest BCUT2D eigenvalue weighted by Crippen LogP contribution is -2.61. The molecule has 1 saturated heterocycles. The van der Waals surface area contributed by atoms with Crippen LogP contribution in [-0.2, 0) is 31.9 Å². The number of halogens is 3. The molecule has 3 N–H and O–H groups in total. The van der Waals surface area contributed by atoms with Crippen LogP contribution in [-0.4, -0.2) is 52.3 Å². The fourth-order valence-electron chi connectivity index (χ4n) is 4.30. The van der Waals surface area contributed by atoms with E-state index in [0.717, 1.165) is 10.4 Å². The van der Waals surface area contributed by atoms with Crippen molar-refractivity contribution in [3.05, 3.63) is 65.3 Å². The Morgan fingerprint density at radius 1 is 1.28 bits per heavy atom. The van der Waals surface area contributed by atoms with Crippen molar-refractivity contribution in [2.45, 2.75) is 18.4 Å². The molecule has 0 radical (unpaired) electrons. The molecular formula is C21H22F3N5O5S2. The smallest absolute Gasteiger partial charge is 0.314 e. The number of methoxy groups -OCH3 is 1. The molecule has 36 heavy (non-hydrogen) atoms. The van der Waals surface area contributed by atoms with Gasteiger partial charge in [0, 0.05) is 27.6 Å². The topological polar surface area (TPSA) is 152 Å². The Hall–Kier alpha value is -3.01. The fourth-order valence-corrected chi connectivity index (χ4v) is 7.39. The van der Waals surface area contributed by atoms with Crippen molar-refractivity contribution in [1.29, 1.82) is 4.78 Å². The van der Waals surface area contributed by atoms with Crippen molar-refractivity contribution in [3.63, 3.8) is 0 Å². The number of hydrogen-bond acceptors (Lipinski definition) is 8. The summed E-state index contributed by atoms with van der Waals surface area (Å²) in [6.07, 6.45) is -3.32. The van der Waals surface area contributed by atoms with Crippen molar-refractivity contribution in [2.75, 3.05) is 25.2 Å². The normalized spacial score (nSPS) is 23.2. The van der Waals surface area contributed by atoms with Gasteiger partial charge in [0.05, 0.1) is 18.4 Å². The van der Waals surface area contributed by atoms with Gasteiger partial charge >= 0.3 is 6.43 Å². The van der Waals surface area contributed by atoms with Crippen LogP contribution in [0, 0.1) is 10.6 Å². The highest BCUT2D eigenvalue weighted by Gasteiger charge is 2.49. The second-order valence-corrected chi connectivity index (χ2v) is 12.1. The van der Waals surface area contributed by atoms with E-state index in [1.807, 2.05) is 0 Å². The molecule has 2 heterocycles. The summed E-state index contributed by atoms with van der Waals surface area (Å²) in [7, 11) is -6.24. The zero-order valence-corrected chi connectivity index (χ0v) is 20.5. The standard InChI is InChI=1S/C21H22F3N5O5S2/c1-33-16-4-2-3-15(10-16)21(12-35(25,30)8-7-29(21)36(26,31)32)11-14-6-5-13(9-17(14)22)19-27-28-20(34-19)18(23)24/h2-6,9-10,18,25H,7-8,11-12H2,1H3,(H2,26,31,32). The maximum absolute atomic E-state index is 15.3. The summed E-state index contributed by atoms with van der Waals surface area (Å²) in [6.45, 7) is -0.309. The number of nitrogens with one attached hydrogen (secondary N) is 1. The molecule has 0 aliphatic carbocycles. The number of nitrogens with zero attached hydrogens (tertiary/aromatic N) is 3. The minimum absolute atomic E-state index is 0.000850. The van der Waals surface area contributed by atoms with Crippen molar-refractivity contribution >= 4 is 19.9 Å². The van der Waals surface area contributed by atoms with E-state index in [1.54, 1.807) is 18.2 Å². The van der Waals surface area contributed by atoms with Crippen molar-refractivity contribution in [1.82, 2.24) is 14.5 Å². The molecule has 0 amide bonds. The monoisotopic (exact) mass is 545 g/mol. The third-order valence-electron chi connectivity index (χ3n) is 5.90. The average Bonchev–Trinajstić information content (AvgIpc) is 3.30. The number of aromatic nitrogens is 2. The summed E-state index contributed by atoms with van der Waals surface area (Å²) in [4.78, 5) is 0. The molecule has 0 spiro atoms. The molecule has 2 aromatic carbocycles. The van der Waals surface area contributed by atoms with Gasteiger partial charge in [-0.15, -0.1) is 10.2 Å². The number of nitrogens with two attached hydrogens (primary N) is 1. The lowest BCUT2D eigenvalue weighted by Gasteiger charge is -2.46. The van der Waals surface area contributed by atoms with Crippen LogP contribution < -0.4 is 9.88 Å². The molecule has 10 nitrogen and oxygen atoms in total. The van der Waals surface area contributed by atoms with E-state index >= 15 is 4.39 Å². The van der Waals surface area contributed by atoms with Crippen LogP contribution in [0.3, 0.4) is 0 Å².